The fourth-order valence-electron chi connectivity index (χ4n) is 7.03. The number of benzene rings is 4. The van der Waals surface area contributed by atoms with Crippen molar-refractivity contribution in [3.05, 3.63) is 144 Å². The van der Waals surface area contributed by atoms with E-state index in [1.807, 2.05) is 110 Å². The van der Waals surface area contributed by atoms with Crippen LogP contribution >= 0.6 is 8.03 Å². The average molecular weight is 750 g/mol. The van der Waals surface area contributed by atoms with Crippen LogP contribution in [0.15, 0.2) is 121 Å². The highest BCUT2D eigenvalue weighted by atomic mass is 31.1. The molecule has 0 saturated carbocycles. The first-order valence-electron chi connectivity index (χ1n) is 18.0. The lowest BCUT2D eigenvalue weighted by Gasteiger charge is -2.45. The molecule has 0 radical (unpaired) electrons. The molecule has 2 unspecified atom stereocenters. The van der Waals surface area contributed by atoms with Crippen molar-refractivity contribution in [2.45, 2.75) is 65.0 Å². The molecular formula is C44H49FNO5PSi. The molecular weight excluding hydrogens is 701 g/mol. The number of aliphatic carboxylic acids is 1. The van der Waals surface area contributed by atoms with Crippen molar-refractivity contribution in [1.29, 1.82) is 0 Å². The Labute approximate surface area is 314 Å². The molecule has 276 valence electrons. The summed E-state index contributed by atoms with van der Waals surface area (Å²) in [6.45, 7) is 12.6. The van der Waals surface area contributed by atoms with Gasteiger partial charge in [0.15, 0.2) is 8.03 Å². The second-order valence-electron chi connectivity index (χ2n) is 14.6. The molecule has 0 aliphatic carbocycles. The zero-order chi connectivity index (χ0) is 38.2. The molecule has 0 fully saturated rings. The van der Waals surface area contributed by atoms with Crippen molar-refractivity contribution in [2.24, 2.45) is 0 Å². The summed E-state index contributed by atoms with van der Waals surface area (Å²) in [5.41, 5.74) is 6.35. The number of carbonyl (C=O) groups is 1. The van der Waals surface area contributed by atoms with E-state index in [2.05, 4.69) is 34.6 Å². The highest BCUT2D eigenvalue weighted by Gasteiger charge is 2.51. The lowest BCUT2D eigenvalue weighted by atomic mass is 9.88. The summed E-state index contributed by atoms with van der Waals surface area (Å²) in [5.74, 6) is -1.28. The van der Waals surface area contributed by atoms with Gasteiger partial charge in [-0.3, -0.25) is 14.3 Å². The number of halogens is 1. The number of nitrogens with zero attached hydrogens (tertiary/aromatic N) is 1. The monoisotopic (exact) mass is 749 g/mol. The minimum absolute atomic E-state index is 0.0384. The SMILES string of the molecule is Cc1c(-c2ccccc2)nc(C(C)C)c(C=CCO[PH](=O)CC(CC(=O)O)O[Si](c2ccccc2)(c2ccccc2)C(C)(C)C)c1-c1ccc(F)cc1. The summed E-state index contributed by atoms with van der Waals surface area (Å²) < 4.78 is 40.6. The topological polar surface area (TPSA) is 85.7 Å². The van der Waals surface area contributed by atoms with Gasteiger partial charge in [-0.1, -0.05) is 150 Å². The third-order valence-corrected chi connectivity index (χ3v) is 15.8. The number of carboxylic acid groups (broad SMARTS) is 1. The van der Waals surface area contributed by atoms with Crippen LogP contribution in [-0.4, -0.2) is 43.2 Å². The van der Waals surface area contributed by atoms with E-state index in [-0.39, 0.29) is 36.0 Å². The van der Waals surface area contributed by atoms with Gasteiger partial charge >= 0.3 is 5.97 Å². The Morgan fingerprint density at radius 3 is 1.92 bits per heavy atom. The van der Waals surface area contributed by atoms with E-state index in [1.165, 1.54) is 12.1 Å². The van der Waals surface area contributed by atoms with Gasteiger partial charge in [-0.2, -0.15) is 0 Å². The highest BCUT2D eigenvalue weighted by Crippen LogP contribution is 2.40. The van der Waals surface area contributed by atoms with E-state index >= 15 is 0 Å². The quantitative estimate of drug-likeness (QED) is 0.0848. The average Bonchev–Trinajstić information content (AvgIpc) is 3.13. The standard InChI is InChI=1S/C44H49FNO5PSi/c1-31(2)42-39(41(33-24-26-35(45)27-25-33)32(3)43(46-42)34-17-10-7-11-18-34)23-16-28-50-52(49)30-36(29-40(47)48)51-53(44(4,5)6,37-19-12-8-13-20-37)38-21-14-9-15-22-38/h7-27,31,36,52H,28-30H2,1-6H3,(H,47,48). The number of rotatable bonds is 15. The van der Waals surface area contributed by atoms with E-state index < -0.39 is 28.4 Å². The van der Waals surface area contributed by atoms with Gasteiger partial charge in [0.05, 0.1) is 30.5 Å². The predicted molar refractivity (Wildman–Crippen MR) is 217 cm³/mol. The minimum Gasteiger partial charge on any atom is -0.481 e. The molecule has 0 bridgehead atoms. The Kier molecular flexibility index (Phi) is 13.2. The Bertz CT molecular complexity index is 1990. The smallest absolute Gasteiger partial charge is 0.305 e. The lowest BCUT2D eigenvalue weighted by molar-refractivity contribution is -0.138. The first-order valence-corrected chi connectivity index (χ1v) is 21.4. The van der Waals surface area contributed by atoms with Crippen LogP contribution in [0.3, 0.4) is 0 Å². The number of carboxylic acids is 1. The van der Waals surface area contributed by atoms with Crippen molar-refractivity contribution < 1.29 is 27.8 Å². The molecule has 4 aromatic carbocycles. The minimum atomic E-state index is -3.11. The van der Waals surface area contributed by atoms with Crippen molar-refractivity contribution in [2.75, 3.05) is 12.8 Å². The normalized spacial score (nSPS) is 13.4. The van der Waals surface area contributed by atoms with Crippen LogP contribution in [0.25, 0.3) is 28.5 Å². The van der Waals surface area contributed by atoms with Gasteiger partial charge in [0, 0.05) is 17.3 Å². The summed E-state index contributed by atoms with van der Waals surface area (Å²) >= 11 is 0. The zero-order valence-corrected chi connectivity index (χ0v) is 33.3. The first-order chi connectivity index (χ1) is 25.3. The van der Waals surface area contributed by atoms with Crippen LogP contribution in [0.5, 0.6) is 0 Å². The summed E-state index contributed by atoms with van der Waals surface area (Å²) in [6.07, 6.45) is 2.56. The first kappa shape index (κ1) is 39.7. The predicted octanol–water partition coefficient (Wildman–Crippen LogP) is 9.91. The molecule has 1 heterocycles. The molecule has 0 saturated heterocycles. The van der Waals surface area contributed by atoms with Gasteiger partial charge in [0.2, 0.25) is 0 Å². The highest BCUT2D eigenvalue weighted by molar-refractivity contribution is 7.39. The van der Waals surface area contributed by atoms with Crippen LogP contribution in [-0.2, 0) is 18.3 Å². The second-order valence-corrected chi connectivity index (χ2v) is 20.3. The second kappa shape index (κ2) is 17.6. The third-order valence-electron chi connectivity index (χ3n) is 9.42. The maximum Gasteiger partial charge on any atom is 0.305 e. The Balaban J connectivity index is 1.44. The van der Waals surface area contributed by atoms with Gasteiger partial charge in [-0.15, -0.1) is 0 Å². The molecule has 2 atom stereocenters. The molecule has 0 aliphatic rings. The summed E-state index contributed by atoms with van der Waals surface area (Å²) in [4.78, 5) is 17.3. The molecule has 53 heavy (non-hydrogen) atoms. The Hall–Kier alpha value is -4.46. The van der Waals surface area contributed by atoms with Gasteiger partial charge in [-0.05, 0) is 57.1 Å². The van der Waals surface area contributed by atoms with Crippen LogP contribution in [0, 0.1) is 12.7 Å². The number of aromatic nitrogens is 1. The third kappa shape index (κ3) is 9.38. The fourth-order valence-corrected chi connectivity index (χ4v) is 12.9. The molecule has 1 aromatic heterocycles. The Morgan fingerprint density at radius 2 is 1.42 bits per heavy atom. The summed E-state index contributed by atoms with van der Waals surface area (Å²) in [5, 5.41) is 11.6. The molecule has 9 heteroatoms. The van der Waals surface area contributed by atoms with E-state index in [9.17, 15) is 18.9 Å². The van der Waals surface area contributed by atoms with Crippen LogP contribution < -0.4 is 10.4 Å². The van der Waals surface area contributed by atoms with Crippen LogP contribution in [0.1, 0.15) is 63.8 Å². The molecule has 0 aliphatic heterocycles. The number of pyridine rings is 1. The van der Waals surface area contributed by atoms with Gasteiger partial charge in [0.1, 0.15) is 5.82 Å². The molecule has 1 N–H and O–H groups in total. The Morgan fingerprint density at radius 1 is 0.868 bits per heavy atom. The molecule has 5 aromatic rings. The van der Waals surface area contributed by atoms with Crippen LogP contribution in [0.4, 0.5) is 4.39 Å². The van der Waals surface area contributed by atoms with Crippen molar-refractivity contribution in [1.82, 2.24) is 4.98 Å². The van der Waals surface area contributed by atoms with E-state index in [1.54, 1.807) is 12.1 Å². The maximum atomic E-state index is 14.1. The number of hydrogen-bond donors (Lipinski definition) is 1. The maximum absolute atomic E-state index is 14.1. The fraction of sp³-hybridized carbons (Fsp3) is 0.273. The van der Waals surface area contributed by atoms with Crippen molar-refractivity contribution >= 4 is 38.8 Å². The lowest BCUT2D eigenvalue weighted by Crippen LogP contribution is -2.68. The van der Waals surface area contributed by atoms with E-state index in [0.29, 0.717) is 0 Å². The van der Waals surface area contributed by atoms with E-state index in [4.69, 9.17) is 13.9 Å². The molecule has 6 nitrogen and oxygen atoms in total. The summed E-state index contributed by atoms with van der Waals surface area (Å²) in [7, 11) is -5.84. The van der Waals surface area contributed by atoms with Gasteiger partial charge < -0.3 is 14.1 Å². The zero-order valence-electron chi connectivity index (χ0n) is 31.3. The molecule has 0 amide bonds. The van der Waals surface area contributed by atoms with Gasteiger partial charge in [0.25, 0.3) is 8.32 Å². The van der Waals surface area contributed by atoms with E-state index in [0.717, 1.165) is 49.6 Å². The van der Waals surface area contributed by atoms with Crippen molar-refractivity contribution in [3.63, 3.8) is 0 Å². The van der Waals surface area contributed by atoms with Crippen LogP contribution in [0.2, 0.25) is 5.04 Å². The molecule has 0 spiro atoms. The van der Waals surface area contributed by atoms with Gasteiger partial charge in [-0.25, -0.2) is 4.39 Å². The summed E-state index contributed by atoms with van der Waals surface area (Å²) in [6, 6.07) is 36.4. The van der Waals surface area contributed by atoms with Crippen molar-refractivity contribution in [3.8, 4) is 22.4 Å². The number of hydrogen-bond acceptors (Lipinski definition) is 5. The largest absolute Gasteiger partial charge is 0.481 e. The molecule has 5 rings (SSSR count).